The third kappa shape index (κ3) is 5.90. The van der Waals surface area contributed by atoms with Crippen molar-refractivity contribution in [3.63, 3.8) is 0 Å². The first-order valence-corrected chi connectivity index (χ1v) is 12.5. The quantitative estimate of drug-likeness (QED) is 0.128. The number of hydrogen-bond donors (Lipinski definition) is 0. The molecule has 0 atom stereocenters. The summed E-state index contributed by atoms with van der Waals surface area (Å²) < 4.78 is 13.0. The minimum atomic E-state index is -0.441. The number of nitro groups is 1. The van der Waals surface area contributed by atoms with E-state index in [-0.39, 0.29) is 18.2 Å². The number of nitro benzene ring substituents is 1. The SMILES string of the molecule is CCOc1cc(/C=C2/SC(=S)N(c3ccc(Br)cc3)C2=O)ccc1OCc1ccc([N+](=O)[O-])cc1. The number of rotatable bonds is 8. The lowest BCUT2D eigenvalue weighted by molar-refractivity contribution is -0.384. The van der Waals surface area contributed by atoms with Crippen molar-refractivity contribution in [2.45, 2.75) is 13.5 Å². The van der Waals surface area contributed by atoms with Crippen LogP contribution in [0.2, 0.25) is 0 Å². The lowest BCUT2D eigenvalue weighted by Crippen LogP contribution is -2.27. The van der Waals surface area contributed by atoms with Crippen LogP contribution in [0.1, 0.15) is 18.1 Å². The highest BCUT2D eigenvalue weighted by Crippen LogP contribution is 2.37. The van der Waals surface area contributed by atoms with Gasteiger partial charge < -0.3 is 9.47 Å². The fraction of sp³-hybridized carbons (Fsp3) is 0.120. The van der Waals surface area contributed by atoms with Crippen molar-refractivity contribution in [2.75, 3.05) is 11.5 Å². The molecule has 1 aliphatic rings. The highest BCUT2D eigenvalue weighted by atomic mass is 79.9. The number of thioether (sulfide) groups is 1. The molecule has 3 aromatic rings. The monoisotopic (exact) mass is 570 g/mol. The summed E-state index contributed by atoms with van der Waals surface area (Å²) in [4.78, 5) is 25.5. The van der Waals surface area contributed by atoms with Gasteiger partial charge in [0.25, 0.3) is 11.6 Å². The number of carbonyl (C=O) groups excluding carboxylic acids is 1. The molecule has 178 valence electrons. The summed E-state index contributed by atoms with van der Waals surface area (Å²) in [5.41, 5.74) is 2.30. The van der Waals surface area contributed by atoms with Gasteiger partial charge in [-0.1, -0.05) is 46.0 Å². The second kappa shape index (κ2) is 11.0. The molecule has 7 nitrogen and oxygen atoms in total. The third-order valence-electron chi connectivity index (χ3n) is 4.99. The van der Waals surface area contributed by atoms with E-state index >= 15 is 0 Å². The zero-order valence-electron chi connectivity index (χ0n) is 18.5. The van der Waals surface area contributed by atoms with E-state index in [0.29, 0.717) is 33.0 Å². The molecule has 0 aromatic heterocycles. The number of benzene rings is 3. The van der Waals surface area contributed by atoms with Crippen molar-refractivity contribution in [3.05, 3.63) is 97.3 Å². The first kappa shape index (κ1) is 24.9. The highest BCUT2D eigenvalue weighted by Gasteiger charge is 2.33. The van der Waals surface area contributed by atoms with Gasteiger partial charge >= 0.3 is 0 Å². The lowest BCUT2D eigenvalue weighted by Gasteiger charge is -2.14. The summed E-state index contributed by atoms with van der Waals surface area (Å²) in [5, 5.41) is 10.8. The maximum Gasteiger partial charge on any atom is 0.270 e. The average molecular weight is 571 g/mol. The molecule has 1 aliphatic heterocycles. The van der Waals surface area contributed by atoms with Gasteiger partial charge in [0, 0.05) is 16.6 Å². The first-order chi connectivity index (χ1) is 16.9. The molecule has 1 heterocycles. The summed E-state index contributed by atoms with van der Waals surface area (Å²) in [6.07, 6.45) is 1.78. The maximum absolute atomic E-state index is 13.0. The van der Waals surface area contributed by atoms with Gasteiger partial charge in [-0.25, -0.2) is 0 Å². The Morgan fingerprint density at radius 2 is 1.77 bits per heavy atom. The number of thiocarbonyl (C=S) groups is 1. The molecule has 0 spiro atoms. The van der Waals surface area contributed by atoms with E-state index < -0.39 is 4.92 Å². The lowest BCUT2D eigenvalue weighted by atomic mass is 10.1. The van der Waals surface area contributed by atoms with Crippen molar-refractivity contribution in [2.24, 2.45) is 0 Å². The van der Waals surface area contributed by atoms with Crippen molar-refractivity contribution in [1.82, 2.24) is 0 Å². The molecule has 0 saturated carbocycles. The van der Waals surface area contributed by atoms with Crippen LogP contribution in [-0.2, 0) is 11.4 Å². The second-order valence-electron chi connectivity index (χ2n) is 7.34. The summed E-state index contributed by atoms with van der Waals surface area (Å²) in [6, 6.07) is 19.0. The van der Waals surface area contributed by atoms with E-state index in [4.69, 9.17) is 21.7 Å². The topological polar surface area (TPSA) is 81.9 Å². The summed E-state index contributed by atoms with van der Waals surface area (Å²) in [6.45, 7) is 2.53. The fourth-order valence-corrected chi connectivity index (χ4v) is 4.87. The van der Waals surface area contributed by atoms with Gasteiger partial charge in [-0.3, -0.25) is 19.8 Å². The molecule has 1 saturated heterocycles. The number of hydrogen-bond acceptors (Lipinski definition) is 7. The van der Waals surface area contributed by atoms with Crippen LogP contribution in [0, 0.1) is 10.1 Å². The van der Waals surface area contributed by atoms with Crippen LogP contribution in [0.25, 0.3) is 6.08 Å². The molecule has 0 unspecified atom stereocenters. The van der Waals surface area contributed by atoms with Crippen LogP contribution in [0.3, 0.4) is 0 Å². The van der Waals surface area contributed by atoms with Crippen molar-refractivity contribution in [3.8, 4) is 11.5 Å². The highest BCUT2D eigenvalue weighted by molar-refractivity contribution is 9.10. The Hall–Kier alpha value is -3.21. The molecule has 0 N–H and O–H groups in total. The van der Waals surface area contributed by atoms with E-state index in [2.05, 4.69) is 15.9 Å². The van der Waals surface area contributed by atoms with Crippen molar-refractivity contribution in [1.29, 1.82) is 0 Å². The standard InChI is InChI=1S/C25H19BrN2O5S2/c1-2-32-22-13-17(5-12-21(22)33-15-16-3-8-20(9-4-16)28(30)31)14-23-24(29)27(25(34)35-23)19-10-6-18(26)7-11-19/h3-14H,2,15H2,1H3/b23-14+. The number of amides is 1. The molecule has 4 rings (SSSR count). The van der Waals surface area contributed by atoms with E-state index in [1.54, 1.807) is 30.3 Å². The van der Waals surface area contributed by atoms with E-state index in [1.165, 1.54) is 28.8 Å². The number of halogens is 1. The normalized spacial score (nSPS) is 14.5. The fourth-order valence-electron chi connectivity index (χ4n) is 3.31. The number of carbonyl (C=O) groups is 1. The Balaban J connectivity index is 1.52. The van der Waals surface area contributed by atoms with Crippen molar-refractivity contribution >= 4 is 67.6 Å². The van der Waals surface area contributed by atoms with E-state index in [0.717, 1.165) is 15.6 Å². The van der Waals surface area contributed by atoms with E-state index in [1.807, 2.05) is 37.3 Å². The third-order valence-corrected chi connectivity index (χ3v) is 6.82. The molecule has 35 heavy (non-hydrogen) atoms. The molecule has 0 radical (unpaired) electrons. The zero-order valence-corrected chi connectivity index (χ0v) is 21.7. The molecule has 3 aromatic carbocycles. The van der Waals surface area contributed by atoms with Gasteiger partial charge in [-0.05, 0) is 72.7 Å². The van der Waals surface area contributed by atoms with Crippen LogP contribution in [0.15, 0.2) is 76.1 Å². The average Bonchev–Trinajstić information content (AvgIpc) is 3.12. The molecule has 1 amide bonds. The van der Waals surface area contributed by atoms with Gasteiger partial charge in [0.2, 0.25) is 0 Å². The van der Waals surface area contributed by atoms with Gasteiger partial charge in [-0.15, -0.1) is 0 Å². The van der Waals surface area contributed by atoms with E-state index in [9.17, 15) is 14.9 Å². The minimum absolute atomic E-state index is 0.0265. The molecule has 10 heteroatoms. The minimum Gasteiger partial charge on any atom is -0.490 e. The Morgan fingerprint density at radius 1 is 1.06 bits per heavy atom. The van der Waals surface area contributed by atoms with Crippen LogP contribution in [-0.4, -0.2) is 21.8 Å². The van der Waals surface area contributed by atoms with Gasteiger partial charge in [-0.2, -0.15) is 0 Å². The Bertz CT molecular complexity index is 1310. The number of ether oxygens (including phenoxy) is 2. The number of anilines is 1. The first-order valence-electron chi connectivity index (χ1n) is 10.5. The van der Waals surface area contributed by atoms with Crippen LogP contribution < -0.4 is 14.4 Å². The summed E-state index contributed by atoms with van der Waals surface area (Å²) in [7, 11) is 0. The van der Waals surface area contributed by atoms with Gasteiger partial charge in [0.15, 0.2) is 15.8 Å². The predicted molar refractivity (Wildman–Crippen MR) is 145 cm³/mol. The van der Waals surface area contributed by atoms with Crippen molar-refractivity contribution < 1.29 is 19.2 Å². The van der Waals surface area contributed by atoms with Crippen LogP contribution >= 0.6 is 39.9 Å². The van der Waals surface area contributed by atoms with Gasteiger partial charge in [0.1, 0.15) is 6.61 Å². The molecular formula is C25H19BrN2O5S2. The Labute approximate surface area is 220 Å². The largest absolute Gasteiger partial charge is 0.490 e. The number of non-ortho nitro benzene ring substituents is 1. The number of nitrogens with zero attached hydrogens (tertiary/aromatic N) is 2. The van der Waals surface area contributed by atoms with Gasteiger partial charge in [0.05, 0.1) is 22.1 Å². The summed E-state index contributed by atoms with van der Waals surface area (Å²) >= 11 is 10.1. The molecule has 0 aliphatic carbocycles. The Morgan fingerprint density at radius 3 is 2.43 bits per heavy atom. The maximum atomic E-state index is 13.0. The smallest absolute Gasteiger partial charge is 0.270 e. The second-order valence-corrected chi connectivity index (χ2v) is 9.94. The van der Waals surface area contributed by atoms with Crippen LogP contribution in [0.5, 0.6) is 11.5 Å². The zero-order chi connectivity index (χ0) is 24.9. The molecular weight excluding hydrogens is 552 g/mol. The molecule has 1 fully saturated rings. The summed E-state index contributed by atoms with van der Waals surface area (Å²) in [5.74, 6) is 0.884. The predicted octanol–water partition coefficient (Wildman–Crippen LogP) is 6.74. The Kier molecular flexibility index (Phi) is 7.84. The molecule has 0 bridgehead atoms. The van der Waals surface area contributed by atoms with Crippen LogP contribution in [0.4, 0.5) is 11.4 Å².